The van der Waals surface area contributed by atoms with Crippen LogP contribution in [0.1, 0.15) is 18.4 Å². The predicted molar refractivity (Wildman–Crippen MR) is 59.6 cm³/mol. The van der Waals surface area contributed by atoms with Gasteiger partial charge in [0, 0.05) is 0 Å². The van der Waals surface area contributed by atoms with E-state index in [4.69, 9.17) is 10.0 Å². The number of hydrogen-bond donors (Lipinski definition) is 1. The van der Waals surface area contributed by atoms with Gasteiger partial charge in [-0.1, -0.05) is 36.9 Å². The summed E-state index contributed by atoms with van der Waals surface area (Å²) in [5, 5.41) is 10.6. The Hall–Kier alpha value is -2.17. The van der Waals surface area contributed by atoms with Crippen LogP contribution in [0.15, 0.2) is 48.5 Å². The van der Waals surface area contributed by atoms with Gasteiger partial charge >= 0.3 is 5.97 Å². The van der Waals surface area contributed by atoms with E-state index in [9.17, 15) is 4.79 Å². The Labute approximate surface area is 93.3 Å². The number of aliphatic carboxylic acids is 1. The van der Waals surface area contributed by atoms with Crippen LogP contribution in [0.25, 0.3) is 0 Å². The maximum atomic E-state index is 10.5. The first-order valence-corrected chi connectivity index (χ1v) is 4.50. The molecule has 0 aliphatic carbocycles. The van der Waals surface area contributed by atoms with E-state index in [-0.39, 0.29) is 0 Å². The molecule has 0 aliphatic rings. The lowest BCUT2D eigenvalue weighted by molar-refractivity contribution is -0.138. The molecule has 0 amide bonds. The maximum absolute atomic E-state index is 10.5. The van der Waals surface area contributed by atoms with Crippen molar-refractivity contribution in [2.75, 3.05) is 0 Å². The normalized spacial score (nSPS) is 10.3. The fourth-order valence-electron chi connectivity index (χ4n) is 0.915. The summed E-state index contributed by atoms with van der Waals surface area (Å²) in [5.41, 5.74) is 0.847. The highest BCUT2D eigenvalue weighted by Crippen LogP contribution is 2.13. The third kappa shape index (κ3) is 5.54. The summed E-state index contributed by atoms with van der Waals surface area (Å²) < 4.78 is 0. The van der Waals surface area contributed by atoms with Crippen LogP contribution in [0.2, 0.25) is 0 Å². The monoisotopic (exact) mass is 223 g/mol. The molecule has 16 heavy (non-hydrogen) atoms. The molecule has 0 bridgehead atoms. The lowest BCUT2D eigenvalue weighted by atomic mass is 10.0. The molecule has 1 atom stereocenters. The highest BCUT2D eigenvalue weighted by Gasteiger charge is 2.11. The summed E-state index contributed by atoms with van der Waals surface area (Å²) in [7, 11) is 0. The average Bonchev–Trinajstić information content (AvgIpc) is 2.31. The Morgan fingerprint density at radius 1 is 1.50 bits per heavy atom. The molecular formula is C11H13NO4. The van der Waals surface area contributed by atoms with Gasteiger partial charge in [-0.2, -0.15) is 0 Å². The molecule has 5 nitrogen and oxygen atoms in total. The second kappa shape index (κ2) is 8.16. The Morgan fingerprint density at radius 2 is 2.06 bits per heavy atom. The quantitative estimate of drug-likeness (QED) is 0.483. The maximum Gasteiger partial charge on any atom is 0.310 e. The lowest BCUT2D eigenvalue weighted by Gasteiger charge is -2.04. The Balaban J connectivity index is 0.000000385. The van der Waals surface area contributed by atoms with Gasteiger partial charge in [0.25, 0.3) is 0 Å². The number of rotatable bonds is 4. The zero-order chi connectivity index (χ0) is 12.4. The van der Waals surface area contributed by atoms with Crippen molar-refractivity contribution in [3.05, 3.63) is 53.6 Å². The van der Waals surface area contributed by atoms with Gasteiger partial charge in [-0.15, -0.1) is 4.91 Å². The summed E-state index contributed by atoms with van der Waals surface area (Å²) in [6.07, 6.45) is 0.951. The topological polar surface area (TPSA) is 76.0 Å². The van der Waals surface area contributed by atoms with Gasteiger partial charge in [0.1, 0.15) is 6.26 Å². The van der Waals surface area contributed by atoms with Crippen LogP contribution in [0.4, 0.5) is 0 Å². The second-order valence-corrected chi connectivity index (χ2v) is 2.82. The molecule has 0 spiro atoms. The molecule has 1 aromatic carbocycles. The third-order valence-electron chi connectivity index (χ3n) is 1.79. The van der Waals surface area contributed by atoms with Crippen molar-refractivity contribution in [2.45, 2.75) is 12.8 Å². The van der Waals surface area contributed by atoms with Gasteiger partial charge in [-0.25, -0.2) is 0 Å². The van der Waals surface area contributed by atoms with Crippen molar-refractivity contribution >= 4 is 5.97 Å². The molecule has 0 fully saturated rings. The molecular weight excluding hydrogens is 210 g/mol. The Morgan fingerprint density at radius 3 is 2.38 bits per heavy atom. The van der Waals surface area contributed by atoms with Gasteiger partial charge in [-0.05, 0) is 12.5 Å². The van der Waals surface area contributed by atoms with Crippen LogP contribution < -0.4 is 0 Å². The van der Waals surface area contributed by atoms with E-state index in [0.717, 1.165) is 11.8 Å². The molecule has 86 valence electrons. The number of hydrogen-bond acceptors (Lipinski definition) is 4. The molecule has 1 unspecified atom stereocenters. The van der Waals surface area contributed by atoms with Crippen LogP contribution in [-0.2, 0) is 9.63 Å². The molecule has 0 saturated heterocycles. The van der Waals surface area contributed by atoms with Crippen molar-refractivity contribution < 1.29 is 14.7 Å². The molecule has 5 heteroatoms. The molecule has 0 saturated carbocycles. The summed E-state index contributed by atoms with van der Waals surface area (Å²) in [5.74, 6) is -1.19. The van der Waals surface area contributed by atoms with Crippen molar-refractivity contribution in [3.8, 4) is 0 Å². The van der Waals surface area contributed by atoms with Crippen molar-refractivity contribution in [2.24, 2.45) is 5.34 Å². The zero-order valence-electron chi connectivity index (χ0n) is 8.87. The van der Waals surface area contributed by atoms with Crippen LogP contribution >= 0.6 is 0 Å². The minimum atomic E-state index is -0.781. The van der Waals surface area contributed by atoms with Crippen molar-refractivity contribution in [3.63, 3.8) is 0 Å². The minimum absolute atomic E-state index is 0.406. The number of carboxylic acid groups (broad SMARTS) is 1. The number of benzene rings is 1. The molecule has 1 aromatic rings. The van der Waals surface area contributed by atoms with Crippen LogP contribution in [0, 0.1) is 4.91 Å². The summed E-state index contributed by atoms with van der Waals surface area (Å²) in [6.45, 7) is 4.71. The SMILES string of the molecule is C=CON=O.CC(C(=O)O)c1ccccc1. The van der Waals surface area contributed by atoms with Crippen molar-refractivity contribution in [1.29, 1.82) is 0 Å². The third-order valence-corrected chi connectivity index (χ3v) is 1.79. The molecule has 1 N–H and O–H groups in total. The van der Waals surface area contributed by atoms with Gasteiger partial charge < -0.3 is 9.94 Å². The van der Waals surface area contributed by atoms with E-state index < -0.39 is 11.9 Å². The van der Waals surface area contributed by atoms with E-state index in [0.29, 0.717) is 0 Å². The van der Waals surface area contributed by atoms with Gasteiger partial charge in [-0.3, -0.25) is 4.79 Å². The van der Waals surface area contributed by atoms with Crippen LogP contribution in [-0.4, -0.2) is 11.1 Å². The molecule has 0 radical (unpaired) electrons. The van der Waals surface area contributed by atoms with Crippen LogP contribution in [0.3, 0.4) is 0 Å². The predicted octanol–water partition coefficient (Wildman–Crippen LogP) is 2.70. The first-order chi connectivity index (χ1) is 7.63. The van der Waals surface area contributed by atoms with Gasteiger partial charge in [0.05, 0.1) is 5.92 Å². The molecule has 0 heterocycles. The van der Waals surface area contributed by atoms with E-state index >= 15 is 0 Å². The summed E-state index contributed by atoms with van der Waals surface area (Å²) in [4.78, 5) is 23.0. The van der Waals surface area contributed by atoms with Crippen molar-refractivity contribution in [1.82, 2.24) is 0 Å². The number of carbonyl (C=O) groups is 1. The summed E-state index contributed by atoms with van der Waals surface area (Å²) >= 11 is 0. The van der Waals surface area contributed by atoms with Crippen LogP contribution in [0.5, 0.6) is 0 Å². The highest BCUT2D eigenvalue weighted by molar-refractivity contribution is 5.75. The second-order valence-electron chi connectivity index (χ2n) is 2.82. The van der Waals surface area contributed by atoms with E-state index in [1.165, 1.54) is 0 Å². The lowest BCUT2D eigenvalue weighted by Crippen LogP contribution is -2.06. The minimum Gasteiger partial charge on any atom is -0.481 e. The number of carboxylic acids is 1. The standard InChI is InChI=1S/C9H10O2.C2H3NO2/c1-7(9(10)11)8-5-3-2-4-6-8;1-2-5-3-4/h2-7H,1H3,(H,10,11);2H,1H2. The zero-order valence-corrected chi connectivity index (χ0v) is 8.87. The molecule has 1 rings (SSSR count). The first-order valence-electron chi connectivity index (χ1n) is 4.50. The number of nitrogens with zero attached hydrogens (tertiary/aromatic N) is 1. The fraction of sp³-hybridized carbons (Fsp3) is 0.182. The highest BCUT2D eigenvalue weighted by atomic mass is 16.7. The Kier molecular flexibility index (Phi) is 7.06. The first kappa shape index (κ1) is 13.8. The smallest absolute Gasteiger partial charge is 0.310 e. The van der Waals surface area contributed by atoms with E-state index in [2.05, 4.69) is 11.4 Å². The summed E-state index contributed by atoms with van der Waals surface area (Å²) in [6, 6.07) is 9.19. The van der Waals surface area contributed by atoms with Gasteiger partial charge in [0.2, 0.25) is 0 Å². The average molecular weight is 223 g/mol. The molecule has 0 aliphatic heterocycles. The fourth-order valence-corrected chi connectivity index (χ4v) is 0.915. The van der Waals surface area contributed by atoms with Gasteiger partial charge in [0.15, 0.2) is 5.34 Å². The largest absolute Gasteiger partial charge is 0.481 e. The van der Waals surface area contributed by atoms with E-state index in [1.54, 1.807) is 6.92 Å². The Bertz CT molecular complexity index is 331. The van der Waals surface area contributed by atoms with E-state index in [1.807, 2.05) is 35.7 Å². The molecule has 0 aromatic heterocycles.